The Hall–Kier alpha value is -3.46. The van der Waals surface area contributed by atoms with Crippen molar-refractivity contribution in [3.63, 3.8) is 0 Å². The van der Waals surface area contributed by atoms with Crippen LogP contribution in [0.25, 0.3) is 33.2 Å². The molecule has 4 rings (SSSR count). The lowest BCUT2D eigenvalue weighted by Gasteiger charge is -2.12. The predicted molar refractivity (Wildman–Crippen MR) is 118 cm³/mol. The summed E-state index contributed by atoms with van der Waals surface area (Å²) in [7, 11) is 0.119. The minimum Gasteiger partial charge on any atom is -0.317 e. The largest absolute Gasteiger partial charge is 0.317 e. The van der Waals surface area contributed by atoms with Crippen molar-refractivity contribution in [1.29, 1.82) is 0 Å². The summed E-state index contributed by atoms with van der Waals surface area (Å²) in [5, 5.41) is 5.51. The van der Waals surface area contributed by atoms with Gasteiger partial charge < -0.3 is 4.57 Å². The average Bonchev–Trinajstić information content (AvgIpc) is 3.16. The van der Waals surface area contributed by atoms with E-state index in [9.17, 15) is 13.2 Å². The van der Waals surface area contributed by atoms with E-state index < -0.39 is 10.0 Å². The number of hydrogen-bond acceptors (Lipinski definition) is 5. The zero-order chi connectivity index (χ0) is 21.5. The molecule has 0 fully saturated rings. The molecule has 8 nitrogen and oxygen atoms in total. The van der Waals surface area contributed by atoms with Crippen molar-refractivity contribution in [3.8, 4) is 22.4 Å². The van der Waals surface area contributed by atoms with Crippen LogP contribution in [0.5, 0.6) is 0 Å². The zero-order valence-corrected chi connectivity index (χ0v) is 17.6. The molecule has 3 aromatic heterocycles. The number of aryl methyl sites for hydroxylation is 2. The quantitative estimate of drug-likeness (QED) is 0.532. The van der Waals surface area contributed by atoms with Gasteiger partial charge >= 0.3 is 0 Å². The molecule has 0 saturated carbocycles. The monoisotopic (exact) mass is 423 g/mol. The fourth-order valence-corrected chi connectivity index (χ4v) is 3.94. The number of benzene rings is 1. The Morgan fingerprint density at radius 2 is 1.83 bits per heavy atom. The lowest BCUT2D eigenvalue weighted by molar-refractivity contribution is 0.602. The van der Waals surface area contributed by atoms with Crippen molar-refractivity contribution in [3.05, 3.63) is 65.5 Å². The molecule has 0 amide bonds. The molecular weight excluding hydrogens is 402 g/mol. The number of aromatic nitrogens is 4. The highest BCUT2D eigenvalue weighted by Crippen LogP contribution is 2.30. The van der Waals surface area contributed by atoms with Crippen molar-refractivity contribution >= 4 is 26.5 Å². The maximum absolute atomic E-state index is 12.7. The van der Waals surface area contributed by atoms with Gasteiger partial charge in [-0.05, 0) is 42.1 Å². The summed E-state index contributed by atoms with van der Waals surface area (Å²) < 4.78 is 29.7. The first-order valence-electron chi connectivity index (χ1n) is 9.37. The number of fused-ring (bicyclic) bond motifs is 1. The van der Waals surface area contributed by atoms with E-state index in [4.69, 9.17) is 0 Å². The van der Waals surface area contributed by atoms with Gasteiger partial charge in [-0.2, -0.15) is 5.10 Å². The number of hydrogen-bond donors (Lipinski definition) is 1. The van der Waals surface area contributed by atoms with Crippen molar-refractivity contribution in [2.24, 2.45) is 14.1 Å². The third-order valence-corrected chi connectivity index (χ3v) is 6.22. The number of nitrogens with one attached hydrogen (secondary N) is 1. The molecule has 0 aliphatic rings. The van der Waals surface area contributed by atoms with E-state index in [1.807, 2.05) is 25.4 Å². The van der Waals surface area contributed by atoms with Gasteiger partial charge in [0.25, 0.3) is 5.56 Å². The van der Waals surface area contributed by atoms with Crippen LogP contribution in [0.15, 0.2) is 59.9 Å². The Morgan fingerprint density at radius 1 is 1.03 bits per heavy atom. The number of rotatable bonds is 5. The fraction of sp³-hybridized carbons (Fsp3) is 0.190. The van der Waals surface area contributed by atoms with Crippen LogP contribution in [0.3, 0.4) is 0 Å². The van der Waals surface area contributed by atoms with Crippen LogP contribution in [-0.4, -0.2) is 33.5 Å². The molecule has 0 spiro atoms. The van der Waals surface area contributed by atoms with Crippen molar-refractivity contribution in [1.82, 2.24) is 19.3 Å². The summed E-state index contributed by atoms with van der Waals surface area (Å²) in [6, 6.07) is 8.90. The van der Waals surface area contributed by atoms with E-state index in [0.717, 1.165) is 22.1 Å². The topological polar surface area (TPSA) is 98.9 Å². The van der Waals surface area contributed by atoms with Crippen LogP contribution in [0, 0.1) is 0 Å². The molecule has 9 heteroatoms. The molecule has 1 N–H and O–H groups in total. The van der Waals surface area contributed by atoms with Gasteiger partial charge in [0.05, 0.1) is 23.3 Å². The summed E-state index contributed by atoms with van der Waals surface area (Å²) >= 11 is 0. The first-order chi connectivity index (χ1) is 14.3. The minimum absolute atomic E-state index is 0.0259. The van der Waals surface area contributed by atoms with E-state index in [-0.39, 0.29) is 11.3 Å². The van der Waals surface area contributed by atoms with Crippen LogP contribution in [0.1, 0.15) is 6.92 Å². The molecule has 0 atom stereocenters. The van der Waals surface area contributed by atoms with E-state index in [0.29, 0.717) is 16.8 Å². The fourth-order valence-electron chi connectivity index (χ4n) is 3.31. The van der Waals surface area contributed by atoms with Crippen LogP contribution >= 0.6 is 0 Å². The van der Waals surface area contributed by atoms with Gasteiger partial charge in [-0.15, -0.1) is 0 Å². The summed E-state index contributed by atoms with van der Waals surface area (Å²) in [4.78, 5) is 17.1. The van der Waals surface area contributed by atoms with Crippen molar-refractivity contribution < 1.29 is 8.42 Å². The molecule has 0 aliphatic carbocycles. The van der Waals surface area contributed by atoms with Gasteiger partial charge in [0.2, 0.25) is 10.0 Å². The highest BCUT2D eigenvalue weighted by molar-refractivity contribution is 7.92. The second-order valence-electron chi connectivity index (χ2n) is 7.06. The minimum atomic E-state index is -3.41. The zero-order valence-electron chi connectivity index (χ0n) is 16.8. The lowest BCUT2D eigenvalue weighted by atomic mass is 9.99. The van der Waals surface area contributed by atoms with Gasteiger partial charge in [0, 0.05) is 49.2 Å². The SMILES string of the molecule is CCS(=O)(=O)Nc1ccnc(-c2cn(C)c(=O)c3ccc(-c4cnn(C)c4)cc23)c1. The first kappa shape index (κ1) is 19.8. The Morgan fingerprint density at radius 3 is 2.53 bits per heavy atom. The maximum atomic E-state index is 12.7. The molecule has 3 heterocycles. The molecule has 154 valence electrons. The summed E-state index contributed by atoms with van der Waals surface area (Å²) in [6.45, 7) is 1.57. The molecule has 1 aromatic carbocycles. The van der Waals surface area contributed by atoms with Gasteiger partial charge in [-0.3, -0.25) is 19.2 Å². The van der Waals surface area contributed by atoms with Gasteiger partial charge in [-0.1, -0.05) is 6.07 Å². The molecule has 0 aliphatic heterocycles. The maximum Gasteiger partial charge on any atom is 0.258 e. The second kappa shape index (κ2) is 7.42. The molecule has 4 aromatic rings. The Bertz CT molecular complexity index is 1420. The Balaban J connectivity index is 1.92. The smallest absolute Gasteiger partial charge is 0.258 e. The Labute approximate surface area is 173 Å². The predicted octanol–water partition coefficient (Wildman–Crippen LogP) is 2.76. The van der Waals surface area contributed by atoms with Crippen LogP contribution in [0.2, 0.25) is 0 Å². The molecule has 0 radical (unpaired) electrons. The van der Waals surface area contributed by atoms with Crippen molar-refractivity contribution in [2.45, 2.75) is 6.92 Å². The Kier molecular flexibility index (Phi) is 4.90. The van der Waals surface area contributed by atoms with E-state index in [1.54, 1.807) is 55.4 Å². The summed E-state index contributed by atoms with van der Waals surface area (Å²) in [5.74, 6) is -0.0259. The molecule has 0 unspecified atom stereocenters. The summed E-state index contributed by atoms with van der Waals surface area (Å²) in [5.41, 5.74) is 3.46. The van der Waals surface area contributed by atoms with E-state index in [1.165, 1.54) is 4.57 Å². The number of sulfonamides is 1. The normalized spacial score (nSPS) is 11.7. The van der Waals surface area contributed by atoms with E-state index in [2.05, 4.69) is 14.8 Å². The van der Waals surface area contributed by atoms with Crippen LogP contribution in [0.4, 0.5) is 5.69 Å². The second-order valence-corrected chi connectivity index (χ2v) is 9.07. The highest BCUT2D eigenvalue weighted by Gasteiger charge is 2.14. The average molecular weight is 423 g/mol. The van der Waals surface area contributed by atoms with Crippen molar-refractivity contribution in [2.75, 3.05) is 10.5 Å². The number of pyridine rings is 2. The van der Waals surface area contributed by atoms with Gasteiger partial charge in [0.15, 0.2) is 0 Å². The van der Waals surface area contributed by atoms with Gasteiger partial charge in [0.1, 0.15) is 0 Å². The first-order valence-corrected chi connectivity index (χ1v) is 11.0. The highest BCUT2D eigenvalue weighted by atomic mass is 32.2. The van der Waals surface area contributed by atoms with E-state index >= 15 is 0 Å². The number of anilines is 1. The van der Waals surface area contributed by atoms with Crippen LogP contribution in [-0.2, 0) is 24.1 Å². The third-order valence-electron chi connectivity index (χ3n) is 4.91. The standard InChI is InChI=1S/C21H21N5O3S/c1-4-30(28,29)24-16-7-8-22-20(10-16)19-13-25(2)21(27)17-6-5-14(9-18(17)19)15-11-23-26(3)12-15/h5-13H,4H2,1-3H3,(H,22,24). The molecule has 0 bridgehead atoms. The number of nitrogens with zero attached hydrogens (tertiary/aromatic N) is 4. The molecule has 0 saturated heterocycles. The summed E-state index contributed by atoms with van der Waals surface area (Å²) in [6.07, 6.45) is 6.93. The molecular formula is C21H21N5O3S. The van der Waals surface area contributed by atoms with Crippen LogP contribution < -0.4 is 10.3 Å². The van der Waals surface area contributed by atoms with Gasteiger partial charge in [-0.25, -0.2) is 8.42 Å². The lowest BCUT2D eigenvalue weighted by Crippen LogP contribution is -2.17. The third kappa shape index (κ3) is 3.71. The molecule has 30 heavy (non-hydrogen) atoms.